The van der Waals surface area contributed by atoms with Gasteiger partial charge in [-0.3, -0.25) is 60.4 Å². The highest BCUT2D eigenvalue weighted by atomic mass is 19.4. The van der Waals surface area contributed by atoms with Crippen LogP contribution in [0.5, 0.6) is 23.0 Å². The lowest BCUT2D eigenvalue weighted by atomic mass is 9.96. The number of alkyl halides is 12. The quantitative estimate of drug-likeness (QED) is 0.0836. The predicted octanol–water partition coefficient (Wildman–Crippen LogP) is 14.7. The van der Waals surface area contributed by atoms with Gasteiger partial charge in [-0.1, -0.05) is 48.5 Å². The molecular weight excluding hydrogens is 1480 g/mol. The number of halogens is 12. The topological polar surface area (TPSA) is 218 Å². The Kier molecular flexibility index (Phi) is 22.5. The number of rotatable bonds is 12. The Morgan fingerprint density at radius 1 is 0.304 bits per heavy atom. The molecule has 592 valence electrons. The number of hydrogen-bond acceptors (Lipinski definition) is 16. The van der Waals surface area contributed by atoms with E-state index in [0.29, 0.717) is 22.3 Å². The molecular formula is C80H80F12N12O8. The summed E-state index contributed by atoms with van der Waals surface area (Å²) in [5, 5.41) is 13.8. The molecule has 0 radical (unpaired) electrons. The van der Waals surface area contributed by atoms with Crippen LogP contribution in [0.3, 0.4) is 0 Å². The molecule has 4 amide bonds. The minimum atomic E-state index is -4.73. The molecule has 0 aliphatic carbocycles. The summed E-state index contributed by atoms with van der Waals surface area (Å²) in [6.45, 7) is 2.94. The standard InChI is InChI=1S/4C20H20F3N3O2/c4*1-26-10-8-19(18(26)27)7-5-16(25-19)17-12-14(6-9-24-17)13-3-2-4-15(11-13)28-20(21,22)23/h4*2-4,6,9,11-12,16,25H,5,7-8,10H2,1H3/t2*16-,19+;2*16-,19-/m1010/s1. The van der Waals surface area contributed by atoms with Crippen LogP contribution < -0.4 is 40.2 Å². The van der Waals surface area contributed by atoms with Gasteiger partial charge >= 0.3 is 25.4 Å². The molecule has 0 bridgehead atoms. The van der Waals surface area contributed by atoms with Crippen molar-refractivity contribution >= 4 is 23.6 Å². The zero-order chi connectivity index (χ0) is 79.8. The molecule has 8 aliphatic rings. The first-order valence-corrected chi connectivity index (χ1v) is 36.4. The minimum Gasteiger partial charge on any atom is -0.406 e. The van der Waals surface area contributed by atoms with Gasteiger partial charge in [-0.15, -0.1) is 52.7 Å². The molecule has 16 rings (SSSR count). The van der Waals surface area contributed by atoms with Crippen molar-refractivity contribution in [2.75, 3.05) is 54.4 Å². The van der Waals surface area contributed by atoms with E-state index in [0.717, 1.165) is 148 Å². The number of nitrogens with zero attached hydrogens (tertiary/aromatic N) is 8. The number of pyridine rings is 4. The molecule has 12 heterocycles. The summed E-state index contributed by atoms with van der Waals surface area (Å²) >= 11 is 0. The van der Waals surface area contributed by atoms with Crippen molar-refractivity contribution in [3.63, 3.8) is 0 Å². The molecule has 112 heavy (non-hydrogen) atoms. The van der Waals surface area contributed by atoms with Crippen LogP contribution in [0.2, 0.25) is 0 Å². The Labute approximate surface area is 636 Å². The summed E-state index contributed by atoms with van der Waals surface area (Å²) in [6, 6.07) is 37.6. The molecule has 4 aromatic heterocycles. The van der Waals surface area contributed by atoms with Gasteiger partial charge < -0.3 is 38.5 Å². The first kappa shape index (κ1) is 79.6. The second kappa shape index (κ2) is 31.6. The summed E-state index contributed by atoms with van der Waals surface area (Å²) in [5.74, 6) is -0.596. The number of likely N-dealkylation sites (tertiary alicyclic amines) is 4. The Hall–Kier alpha value is -10.4. The Morgan fingerprint density at radius 2 is 0.500 bits per heavy atom. The zero-order valence-corrected chi connectivity index (χ0v) is 61.2. The number of benzene rings is 4. The molecule has 8 saturated heterocycles. The van der Waals surface area contributed by atoms with E-state index in [9.17, 15) is 71.9 Å². The SMILES string of the molecule is CN1CC[C@@]2(CC[C@@H](c3cc(-c4cccc(OC(F)(F)F)c4)ccn3)N2)C1=O.CN1CC[C@@]2(CC[C@H](c3cc(-c4cccc(OC(F)(F)F)c4)ccn3)N2)C1=O.CN1CC[C@]2(CC[C@@H](c3cc(-c4cccc(OC(F)(F)F)c4)ccn3)N2)C1=O.CN1CC[C@]2(CC[C@H](c3cc(-c4cccc(OC(F)(F)F)c4)ccn3)N2)C1=O. The van der Waals surface area contributed by atoms with E-state index in [4.69, 9.17) is 0 Å². The summed E-state index contributed by atoms with van der Waals surface area (Å²) < 4.78 is 166. The van der Waals surface area contributed by atoms with Gasteiger partial charge in [-0.2, -0.15) is 0 Å². The third kappa shape index (κ3) is 18.4. The van der Waals surface area contributed by atoms with Gasteiger partial charge in [0.15, 0.2) is 0 Å². The minimum absolute atomic E-state index is 0.0648. The maximum Gasteiger partial charge on any atom is 0.573 e. The molecule has 20 nitrogen and oxygen atoms in total. The number of likely N-dealkylation sites (N-methyl/N-ethyl adjacent to an activating group) is 4. The van der Waals surface area contributed by atoms with Crippen molar-refractivity contribution in [1.29, 1.82) is 0 Å². The summed E-state index contributed by atoms with van der Waals surface area (Å²) in [6.07, 6.45) is -3.14. The lowest BCUT2D eigenvalue weighted by Gasteiger charge is -2.23. The fraction of sp³-hybridized carbons (Fsp3) is 0.400. The molecule has 8 aromatic rings. The van der Waals surface area contributed by atoms with E-state index in [1.165, 1.54) is 72.8 Å². The van der Waals surface area contributed by atoms with Crippen LogP contribution >= 0.6 is 0 Å². The van der Waals surface area contributed by atoms with Crippen LogP contribution in [0, 0.1) is 0 Å². The lowest BCUT2D eigenvalue weighted by Crippen LogP contribution is -2.47. The molecule has 4 aromatic carbocycles. The Balaban J connectivity index is 0.000000131. The maximum absolute atomic E-state index is 12.5. The predicted molar refractivity (Wildman–Crippen MR) is 386 cm³/mol. The monoisotopic (exact) mass is 1560 g/mol. The number of aromatic nitrogens is 4. The highest BCUT2D eigenvalue weighted by molar-refractivity contribution is 5.91. The highest BCUT2D eigenvalue weighted by Crippen LogP contribution is 2.45. The Bertz CT molecular complexity index is 4200. The van der Waals surface area contributed by atoms with Crippen molar-refractivity contribution in [1.82, 2.24) is 60.8 Å². The van der Waals surface area contributed by atoms with Crippen LogP contribution in [0.1, 0.15) is 124 Å². The third-order valence-electron chi connectivity index (χ3n) is 21.9. The third-order valence-corrected chi connectivity index (χ3v) is 21.9. The number of ether oxygens (including phenoxy) is 4. The van der Waals surface area contributed by atoms with Gasteiger partial charge in [0.05, 0.1) is 46.9 Å². The van der Waals surface area contributed by atoms with E-state index >= 15 is 0 Å². The Morgan fingerprint density at radius 3 is 0.679 bits per heavy atom. The van der Waals surface area contributed by atoms with Crippen molar-refractivity contribution in [3.05, 3.63) is 193 Å². The maximum atomic E-state index is 12.5. The summed E-state index contributed by atoms with van der Waals surface area (Å²) in [7, 11) is 7.23. The van der Waals surface area contributed by atoms with E-state index < -0.39 is 47.6 Å². The van der Waals surface area contributed by atoms with Gasteiger partial charge in [-0.05, 0) is 219 Å². The molecule has 8 aliphatic heterocycles. The molecule has 4 spiro atoms. The normalized spacial score (nSPS) is 24.9. The molecule has 4 N–H and O–H groups in total. The highest BCUT2D eigenvalue weighted by Gasteiger charge is 2.54. The number of carbonyl (C=O) groups excluding carboxylic acids is 4. The zero-order valence-electron chi connectivity index (χ0n) is 61.2. The summed E-state index contributed by atoms with van der Waals surface area (Å²) in [5.41, 5.74) is 6.45. The number of nitrogens with one attached hydrogen (secondary N) is 4. The number of carbonyl (C=O) groups is 4. The average molecular weight is 1570 g/mol. The van der Waals surface area contributed by atoms with E-state index in [1.807, 2.05) is 24.3 Å². The largest absolute Gasteiger partial charge is 0.573 e. The van der Waals surface area contributed by atoms with Crippen molar-refractivity contribution < 1.29 is 90.8 Å². The summed E-state index contributed by atoms with van der Waals surface area (Å²) in [4.78, 5) is 74.6. The van der Waals surface area contributed by atoms with Crippen LogP contribution in [0.4, 0.5) is 52.7 Å². The van der Waals surface area contributed by atoms with Crippen LogP contribution in [0.25, 0.3) is 44.5 Å². The van der Waals surface area contributed by atoms with E-state index in [1.54, 1.807) is 121 Å². The smallest absolute Gasteiger partial charge is 0.406 e. The first-order valence-electron chi connectivity index (χ1n) is 36.4. The number of hydrogen-bond donors (Lipinski definition) is 4. The van der Waals surface area contributed by atoms with E-state index in [2.05, 4.69) is 60.2 Å². The average Bonchev–Trinajstić information content (AvgIpc) is 1.64. The van der Waals surface area contributed by atoms with Crippen LogP contribution in [0.15, 0.2) is 170 Å². The second-order valence-electron chi connectivity index (χ2n) is 29.4. The van der Waals surface area contributed by atoms with Crippen molar-refractivity contribution in [2.24, 2.45) is 0 Å². The molecule has 0 unspecified atom stereocenters. The van der Waals surface area contributed by atoms with Gasteiger partial charge in [-0.25, -0.2) is 0 Å². The van der Waals surface area contributed by atoms with Crippen molar-refractivity contribution in [3.8, 4) is 67.5 Å². The first-order chi connectivity index (χ1) is 53.0. The van der Waals surface area contributed by atoms with Gasteiger partial charge in [0, 0.05) is 79.2 Å². The van der Waals surface area contributed by atoms with Gasteiger partial charge in [0.1, 0.15) is 45.2 Å². The fourth-order valence-electron chi connectivity index (χ4n) is 16.3. The van der Waals surface area contributed by atoms with Crippen LogP contribution in [-0.4, -0.2) is 165 Å². The molecule has 8 atom stereocenters. The number of amides is 4. The van der Waals surface area contributed by atoms with Gasteiger partial charge in [0.25, 0.3) is 0 Å². The molecule has 32 heteroatoms. The van der Waals surface area contributed by atoms with Gasteiger partial charge in [0.2, 0.25) is 23.6 Å². The lowest BCUT2D eigenvalue weighted by molar-refractivity contribution is -0.275. The van der Waals surface area contributed by atoms with Crippen LogP contribution in [-0.2, 0) is 19.2 Å². The van der Waals surface area contributed by atoms with E-state index in [-0.39, 0.29) is 70.8 Å². The second-order valence-corrected chi connectivity index (χ2v) is 29.4. The fourth-order valence-corrected chi connectivity index (χ4v) is 16.3. The molecule has 0 saturated carbocycles. The molecule has 8 fully saturated rings. The van der Waals surface area contributed by atoms with Crippen molar-refractivity contribution in [2.45, 2.75) is 149 Å².